The van der Waals surface area contributed by atoms with Crippen LogP contribution in [0.5, 0.6) is 0 Å². The van der Waals surface area contributed by atoms with Crippen molar-refractivity contribution in [2.75, 3.05) is 11.4 Å². The molecule has 2 aromatic carbocycles. The van der Waals surface area contributed by atoms with Crippen molar-refractivity contribution in [2.24, 2.45) is 0 Å². The Bertz CT molecular complexity index is 718. The van der Waals surface area contributed by atoms with Crippen LogP contribution >= 0.6 is 0 Å². The standard InChI is InChI=1S/C18H17FN2O2/c19-14-6-4-5-13(11-14)9-10-20-16-12-17(22)21(18(16)23)15-7-2-1-3-8-15/h1-8,11,16,20H,9-10,12H2/p+1/t16-/m0/s1. The molecule has 0 bridgehead atoms. The number of rotatable bonds is 5. The van der Waals surface area contributed by atoms with E-state index in [9.17, 15) is 14.0 Å². The Morgan fingerprint density at radius 3 is 2.61 bits per heavy atom. The Hall–Kier alpha value is -2.53. The van der Waals surface area contributed by atoms with Crippen molar-refractivity contribution < 1.29 is 19.3 Å². The summed E-state index contributed by atoms with van der Waals surface area (Å²) in [6, 6.07) is 15.0. The molecule has 0 radical (unpaired) electrons. The molecule has 1 aliphatic rings. The summed E-state index contributed by atoms with van der Waals surface area (Å²) in [5.74, 6) is -0.612. The van der Waals surface area contributed by atoms with E-state index in [0.29, 0.717) is 18.7 Å². The van der Waals surface area contributed by atoms with Gasteiger partial charge < -0.3 is 5.32 Å². The first-order valence-corrected chi connectivity index (χ1v) is 7.65. The molecule has 0 spiro atoms. The van der Waals surface area contributed by atoms with Crippen molar-refractivity contribution in [1.29, 1.82) is 0 Å². The van der Waals surface area contributed by atoms with Gasteiger partial charge in [-0.05, 0) is 29.8 Å². The molecule has 2 amide bonds. The molecule has 0 saturated carbocycles. The summed E-state index contributed by atoms with van der Waals surface area (Å²) in [4.78, 5) is 25.8. The molecule has 4 nitrogen and oxygen atoms in total. The summed E-state index contributed by atoms with van der Waals surface area (Å²) in [7, 11) is 0. The molecule has 1 saturated heterocycles. The van der Waals surface area contributed by atoms with Crippen LogP contribution in [-0.2, 0) is 16.0 Å². The molecule has 1 fully saturated rings. The Labute approximate surface area is 133 Å². The third-order valence-corrected chi connectivity index (χ3v) is 3.97. The number of benzene rings is 2. The Morgan fingerprint density at radius 2 is 1.87 bits per heavy atom. The van der Waals surface area contributed by atoms with E-state index in [4.69, 9.17) is 0 Å². The van der Waals surface area contributed by atoms with E-state index in [-0.39, 0.29) is 24.1 Å². The molecule has 2 aromatic rings. The molecular weight excluding hydrogens is 295 g/mol. The molecule has 118 valence electrons. The van der Waals surface area contributed by atoms with Gasteiger partial charge in [-0.2, -0.15) is 0 Å². The van der Waals surface area contributed by atoms with Crippen LogP contribution in [0, 0.1) is 5.82 Å². The largest absolute Gasteiger partial charge is 0.335 e. The highest BCUT2D eigenvalue weighted by Gasteiger charge is 2.41. The van der Waals surface area contributed by atoms with Gasteiger partial charge in [-0.1, -0.05) is 30.3 Å². The summed E-state index contributed by atoms with van der Waals surface area (Å²) in [6.45, 7) is 0.635. The van der Waals surface area contributed by atoms with Crippen molar-refractivity contribution in [3.05, 3.63) is 66.0 Å². The van der Waals surface area contributed by atoms with Gasteiger partial charge in [-0.15, -0.1) is 0 Å². The second-order valence-electron chi connectivity index (χ2n) is 5.62. The molecule has 3 rings (SSSR count). The first-order valence-electron chi connectivity index (χ1n) is 7.65. The fourth-order valence-corrected chi connectivity index (χ4v) is 2.83. The molecule has 2 N–H and O–H groups in total. The number of carbonyl (C=O) groups excluding carboxylic acids is 2. The number of carbonyl (C=O) groups is 2. The molecular formula is C18H18FN2O2+. The average molecular weight is 313 g/mol. The van der Waals surface area contributed by atoms with Gasteiger partial charge in [0.05, 0.1) is 18.7 Å². The molecule has 1 heterocycles. The van der Waals surface area contributed by atoms with Gasteiger partial charge in [-0.25, -0.2) is 9.29 Å². The van der Waals surface area contributed by atoms with Crippen LogP contribution in [-0.4, -0.2) is 24.4 Å². The first kappa shape index (κ1) is 15.4. The lowest BCUT2D eigenvalue weighted by Crippen LogP contribution is -2.92. The zero-order valence-corrected chi connectivity index (χ0v) is 12.6. The second kappa shape index (κ2) is 6.71. The Balaban J connectivity index is 1.59. The minimum absolute atomic E-state index is 0.173. The monoisotopic (exact) mass is 313 g/mol. The third-order valence-electron chi connectivity index (χ3n) is 3.97. The fraction of sp³-hybridized carbons (Fsp3) is 0.222. The lowest BCUT2D eigenvalue weighted by atomic mass is 10.1. The number of amides is 2. The van der Waals surface area contributed by atoms with Crippen LogP contribution < -0.4 is 10.2 Å². The summed E-state index contributed by atoms with van der Waals surface area (Å²) in [5, 5.41) is 1.87. The van der Waals surface area contributed by atoms with E-state index >= 15 is 0 Å². The zero-order chi connectivity index (χ0) is 16.2. The number of para-hydroxylation sites is 1. The third kappa shape index (κ3) is 3.46. The van der Waals surface area contributed by atoms with Crippen LogP contribution in [0.25, 0.3) is 0 Å². The second-order valence-corrected chi connectivity index (χ2v) is 5.62. The van der Waals surface area contributed by atoms with Crippen LogP contribution in [0.2, 0.25) is 0 Å². The first-order chi connectivity index (χ1) is 11.1. The Morgan fingerprint density at radius 1 is 1.09 bits per heavy atom. The summed E-state index contributed by atoms with van der Waals surface area (Å²) in [6.07, 6.45) is 0.859. The van der Waals surface area contributed by atoms with Crippen molar-refractivity contribution >= 4 is 17.5 Å². The predicted octanol–water partition coefficient (Wildman–Crippen LogP) is 1.26. The summed E-state index contributed by atoms with van der Waals surface area (Å²) >= 11 is 0. The number of hydrogen-bond donors (Lipinski definition) is 1. The van der Waals surface area contributed by atoms with Crippen LogP contribution in [0.4, 0.5) is 10.1 Å². The van der Waals surface area contributed by atoms with E-state index in [1.807, 2.05) is 17.4 Å². The lowest BCUT2D eigenvalue weighted by Gasteiger charge is -2.13. The maximum absolute atomic E-state index is 13.1. The maximum atomic E-state index is 13.1. The van der Waals surface area contributed by atoms with E-state index in [1.165, 1.54) is 17.0 Å². The molecule has 23 heavy (non-hydrogen) atoms. The lowest BCUT2D eigenvalue weighted by molar-refractivity contribution is -0.674. The minimum atomic E-state index is -0.392. The molecule has 1 aliphatic heterocycles. The topological polar surface area (TPSA) is 54.0 Å². The normalized spacial score (nSPS) is 17.8. The van der Waals surface area contributed by atoms with E-state index in [0.717, 1.165) is 5.56 Å². The van der Waals surface area contributed by atoms with Gasteiger partial charge in [0.25, 0.3) is 5.91 Å². The van der Waals surface area contributed by atoms with Gasteiger partial charge in [-0.3, -0.25) is 9.59 Å². The number of halogens is 1. The molecule has 0 aromatic heterocycles. The van der Waals surface area contributed by atoms with Crippen LogP contribution in [0.15, 0.2) is 54.6 Å². The van der Waals surface area contributed by atoms with Crippen molar-refractivity contribution in [1.82, 2.24) is 0 Å². The van der Waals surface area contributed by atoms with Crippen LogP contribution in [0.1, 0.15) is 12.0 Å². The number of nitrogens with zero attached hydrogens (tertiary/aromatic N) is 1. The van der Waals surface area contributed by atoms with Crippen molar-refractivity contribution in [3.63, 3.8) is 0 Å². The number of nitrogens with two attached hydrogens (primary N) is 1. The van der Waals surface area contributed by atoms with Gasteiger partial charge in [0.1, 0.15) is 5.82 Å². The van der Waals surface area contributed by atoms with Gasteiger partial charge >= 0.3 is 0 Å². The van der Waals surface area contributed by atoms with Crippen molar-refractivity contribution in [2.45, 2.75) is 18.9 Å². The van der Waals surface area contributed by atoms with Gasteiger partial charge in [0.2, 0.25) is 5.91 Å². The van der Waals surface area contributed by atoms with Gasteiger partial charge in [0.15, 0.2) is 6.04 Å². The molecule has 0 unspecified atom stereocenters. The number of quaternary nitrogens is 1. The zero-order valence-electron chi connectivity index (χ0n) is 12.6. The minimum Gasteiger partial charge on any atom is -0.335 e. The molecule has 5 heteroatoms. The summed E-state index contributed by atoms with van der Waals surface area (Å²) < 4.78 is 13.1. The van der Waals surface area contributed by atoms with E-state index in [2.05, 4.69) is 0 Å². The highest BCUT2D eigenvalue weighted by atomic mass is 19.1. The smallest absolute Gasteiger partial charge is 0.292 e. The highest BCUT2D eigenvalue weighted by molar-refractivity contribution is 6.21. The Kier molecular flexibility index (Phi) is 4.48. The van der Waals surface area contributed by atoms with Crippen molar-refractivity contribution in [3.8, 4) is 0 Å². The number of hydrogen-bond acceptors (Lipinski definition) is 2. The predicted molar refractivity (Wildman–Crippen MR) is 84.2 cm³/mol. The SMILES string of the molecule is O=C1C[C@H]([NH2+]CCc2cccc(F)c2)C(=O)N1c1ccccc1. The number of anilines is 1. The molecule has 0 aliphatic carbocycles. The molecule has 1 atom stereocenters. The van der Waals surface area contributed by atoms with Gasteiger partial charge in [0, 0.05) is 6.42 Å². The quantitative estimate of drug-likeness (QED) is 0.845. The van der Waals surface area contributed by atoms with E-state index < -0.39 is 6.04 Å². The average Bonchev–Trinajstić information content (AvgIpc) is 2.82. The maximum Gasteiger partial charge on any atom is 0.292 e. The van der Waals surface area contributed by atoms with Crippen LogP contribution in [0.3, 0.4) is 0 Å². The fourth-order valence-electron chi connectivity index (χ4n) is 2.83. The highest BCUT2D eigenvalue weighted by Crippen LogP contribution is 2.20. The van der Waals surface area contributed by atoms with E-state index in [1.54, 1.807) is 30.3 Å². The number of imide groups is 1. The summed E-state index contributed by atoms with van der Waals surface area (Å²) in [5.41, 5.74) is 1.50.